The second kappa shape index (κ2) is 7.64. The number of likely N-dealkylation sites (tertiary alicyclic amines) is 1. The Morgan fingerprint density at radius 3 is 2.58 bits per heavy atom. The molecule has 1 saturated carbocycles. The second-order valence-corrected chi connectivity index (χ2v) is 7.28. The van der Waals surface area contributed by atoms with E-state index in [9.17, 15) is 0 Å². The van der Waals surface area contributed by atoms with Gasteiger partial charge in [0.05, 0.1) is 0 Å². The first-order valence-corrected chi connectivity index (χ1v) is 8.66. The summed E-state index contributed by atoms with van der Waals surface area (Å²) in [5.41, 5.74) is 0. The summed E-state index contributed by atoms with van der Waals surface area (Å²) in [5, 5.41) is 3.82. The van der Waals surface area contributed by atoms with Crippen molar-refractivity contribution in [3.63, 3.8) is 0 Å². The van der Waals surface area contributed by atoms with Crippen molar-refractivity contribution in [2.45, 2.75) is 77.8 Å². The molecule has 0 aromatic carbocycles. The van der Waals surface area contributed by atoms with Gasteiger partial charge in [-0.1, -0.05) is 40.0 Å². The summed E-state index contributed by atoms with van der Waals surface area (Å²) in [6.45, 7) is 10.8. The lowest BCUT2D eigenvalue weighted by molar-refractivity contribution is 0.0550. The van der Waals surface area contributed by atoms with Crippen molar-refractivity contribution in [1.82, 2.24) is 10.2 Å². The molecule has 0 spiro atoms. The average Bonchev–Trinajstić information content (AvgIpc) is 2.31. The highest BCUT2D eigenvalue weighted by atomic mass is 15.2. The molecule has 0 aromatic rings. The molecule has 1 N–H and O–H groups in total. The minimum atomic E-state index is 0.749. The van der Waals surface area contributed by atoms with Gasteiger partial charge in [-0.05, 0) is 44.1 Å². The van der Waals surface area contributed by atoms with Gasteiger partial charge in [-0.25, -0.2) is 0 Å². The quantitative estimate of drug-likeness (QED) is 0.756. The van der Waals surface area contributed by atoms with Gasteiger partial charge in [-0.15, -0.1) is 0 Å². The molecule has 2 fully saturated rings. The fourth-order valence-corrected chi connectivity index (χ4v) is 3.54. The van der Waals surface area contributed by atoms with E-state index in [0.29, 0.717) is 0 Å². The number of hydrogen-bond acceptors (Lipinski definition) is 2. The molecule has 1 heterocycles. The molecule has 19 heavy (non-hydrogen) atoms. The van der Waals surface area contributed by atoms with E-state index in [-0.39, 0.29) is 0 Å². The van der Waals surface area contributed by atoms with Gasteiger partial charge in [-0.3, -0.25) is 4.90 Å². The Hall–Kier alpha value is -0.0800. The fourth-order valence-electron chi connectivity index (χ4n) is 3.54. The molecule has 2 unspecified atom stereocenters. The summed E-state index contributed by atoms with van der Waals surface area (Å²) in [7, 11) is 0. The molecule has 1 aliphatic heterocycles. The van der Waals surface area contributed by atoms with Gasteiger partial charge in [0.1, 0.15) is 0 Å². The van der Waals surface area contributed by atoms with Crippen LogP contribution in [0.4, 0.5) is 0 Å². The molecule has 2 aliphatic rings. The Labute approximate surface area is 120 Å². The molecule has 1 saturated heterocycles. The van der Waals surface area contributed by atoms with E-state index in [1.165, 1.54) is 64.6 Å². The van der Waals surface area contributed by atoms with E-state index in [1.54, 1.807) is 0 Å². The molecular formula is C17H34N2. The minimum absolute atomic E-state index is 0.749. The lowest BCUT2D eigenvalue weighted by Gasteiger charge is -2.45. The van der Waals surface area contributed by atoms with Gasteiger partial charge in [-0.2, -0.15) is 0 Å². The average molecular weight is 266 g/mol. The van der Waals surface area contributed by atoms with Crippen LogP contribution >= 0.6 is 0 Å². The number of unbranched alkanes of at least 4 members (excludes halogenated alkanes) is 1. The van der Waals surface area contributed by atoms with Gasteiger partial charge in [0, 0.05) is 25.2 Å². The smallest absolute Gasteiger partial charge is 0.0198 e. The summed E-state index contributed by atoms with van der Waals surface area (Å²) in [4.78, 5) is 2.81. The van der Waals surface area contributed by atoms with E-state index in [2.05, 4.69) is 31.0 Å². The van der Waals surface area contributed by atoms with Crippen LogP contribution in [-0.2, 0) is 0 Å². The predicted octanol–water partition coefficient (Wildman–Crippen LogP) is 3.67. The normalized spacial score (nSPS) is 29.7. The predicted molar refractivity (Wildman–Crippen MR) is 83.5 cm³/mol. The molecule has 0 bridgehead atoms. The van der Waals surface area contributed by atoms with E-state index in [0.717, 1.165) is 23.9 Å². The summed E-state index contributed by atoms with van der Waals surface area (Å²) < 4.78 is 0. The second-order valence-electron chi connectivity index (χ2n) is 7.28. The molecular weight excluding hydrogens is 232 g/mol. The van der Waals surface area contributed by atoms with E-state index in [4.69, 9.17) is 0 Å². The Kier molecular flexibility index (Phi) is 6.15. The first-order chi connectivity index (χ1) is 9.19. The summed E-state index contributed by atoms with van der Waals surface area (Å²) in [6.07, 6.45) is 10.00. The molecule has 1 aliphatic carbocycles. The van der Waals surface area contributed by atoms with Crippen LogP contribution in [0.1, 0.15) is 65.7 Å². The molecule has 112 valence electrons. The molecule has 0 radical (unpaired) electrons. The Morgan fingerprint density at radius 2 is 2.00 bits per heavy atom. The highest BCUT2D eigenvalue weighted by Gasteiger charge is 2.33. The lowest BCUT2D eigenvalue weighted by atomic mass is 9.84. The number of nitrogens with zero attached hydrogens (tertiary/aromatic N) is 1. The van der Waals surface area contributed by atoms with E-state index < -0.39 is 0 Å². The van der Waals surface area contributed by atoms with Crippen LogP contribution in [0.15, 0.2) is 0 Å². The zero-order valence-electron chi connectivity index (χ0n) is 13.3. The third-order valence-electron chi connectivity index (χ3n) is 4.94. The number of hydrogen-bond donors (Lipinski definition) is 1. The molecule has 0 amide bonds. The van der Waals surface area contributed by atoms with Crippen LogP contribution in [0.5, 0.6) is 0 Å². The van der Waals surface area contributed by atoms with Crippen LogP contribution in [0.3, 0.4) is 0 Å². The fraction of sp³-hybridized carbons (Fsp3) is 1.00. The highest BCUT2D eigenvalue weighted by Crippen LogP contribution is 2.30. The zero-order valence-corrected chi connectivity index (χ0v) is 13.3. The van der Waals surface area contributed by atoms with Crippen molar-refractivity contribution >= 4 is 0 Å². The molecule has 2 rings (SSSR count). The van der Waals surface area contributed by atoms with Gasteiger partial charge in [0.25, 0.3) is 0 Å². The Morgan fingerprint density at radius 1 is 1.21 bits per heavy atom. The summed E-state index contributed by atoms with van der Waals surface area (Å²) in [6, 6.07) is 1.67. The van der Waals surface area contributed by atoms with Crippen LogP contribution in [0.25, 0.3) is 0 Å². The van der Waals surface area contributed by atoms with Crippen molar-refractivity contribution < 1.29 is 0 Å². The topological polar surface area (TPSA) is 15.3 Å². The van der Waals surface area contributed by atoms with Crippen LogP contribution in [0.2, 0.25) is 0 Å². The van der Waals surface area contributed by atoms with E-state index >= 15 is 0 Å². The minimum Gasteiger partial charge on any atom is -0.312 e. The van der Waals surface area contributed by atoms with Crippen LogP contribution < -0.4 is 5.32 Å². The first-order valence-electron chi connectivity index (χ1n) is 8.66. The van der Waals surface area contributed by atoms with Gasteiger partial charge < -0.3 is 5.32 Å². The van der Waals surface area contributed by atoms with Crippen molar-refractivity contribution in [2.75, 3.05) is 19.6 Å². The first kappa shape index (κ1) is 15.3. The van der Waals surface area contributed by atoms with Crippen LogP contribution in [-0.4, -0.2) is 36.6 Å². The highest BCUT2D eigenvalue weighted by molar-refractivity contribution is 4.90. The van der Waals surface area contributed by atoms with Gasteiger partial charge >= 0.3 is 0 Å². The maximum absolute atomic E-state index is 3.82. The van der Waals surface area contributed by atoms with Gasteiger partial charge in [0.2, 0.25) is 0 Å². The molecule has 2 nitrogen and oxygen atoms in total. The largest absolute Gasteiger partial charge is 0.312 e. The van der Waals surface area contributed by atoms with Crippen molar-refractivity contribution in [3.8, 4) is 0 Å². The molecule has 2 heteroatoms. The summed E-state index contributed by atoms with van der Waals surface area (Å²) in [5.74, 6) is 1.71. The number of nitrogens with one attached hydrogen (secondary N) is 1. The van der Waals surface area contributed by atoms with Gasteiger partial charge in [0.15, 0.2) is 0 Å². The zero-order chi connectivity index (χ0) is 13.7. The molecule has 2 atom stereocenters. The van der Waals surface area contributed by atoms with Crippen molar-refractivity contribution in [2.24, 2.45) is 11.8 Å². The van der Waals surface area contributed by atoms with Crippen molar-refractivity contribution in [1.29, 1.82) is 0 Å². The van der Waals surface area contributed by atoms with Crippen molar-refractivity contribution in [3.05, 3.63) is 0 Å². The number of piperidine rings is 1. The third kappa shape index (κ3) is 4.75. The number of rotatable bonds is 7. The Bertz CT molecular complexity index is 248. The third-order valence-corrected chi connectivity index (χ3v) is 4.94. The maximum atomic E-state index is 3.82. The van der Waals surface area contributed by atoms with Crippen LogP contribution in [0, 0.1) is 11.8 Å². The monoisotopic (exact) mass is 266 g/mol. The SMILES string of the molecule is CCCCC1CC(NCC(C)C)CN(C2CCC2)C1. The molecule has 0 aromatic heterocycles. The lowest BCUT2D eigenvalue weighted by Crippen LogP contribution is -2.54. The van der Waals surface area contributed by atoms with E-state index in [1.807, 2.05) is 0 Å². The maximum Gasteiger partial charge on any atom is 0.0198 e. The standard InChI is InChI=1S/C17H34N2/c1-4-5-7-15-10-16(18-11-14(2)3)13-19(12-15)17-8-6-9-17/h14-18H,4-13H2,1-3H3. The Balaban J connectivity index is 1.83. The summed E-state index contributed by atoms with van der Waals surface area (Å²) >= 11 is 0.